The molecular formula is C8H11N5NaO3+. The van der Waals surface area contributed by atoms with Crippen molar-refractivity contribution >= 4 is 17.1 Å². The number of fused-ring (bicyclic) bond motifs is 1. The van der Waals surface area contributed by atoms with Gasteiger partial charge in [-0.15, -0.1) is 0 Å². The van der Waals surface area contributed by atoms with Crippen molar-refractivity contribution in [2.45, 2.75) is 6.73 Å². The Morgan fingerprint density at radius 1 is 1.59 bits per heavy atom. The molecule has 0 aliphatic heterocycles. The van der Waals surface area contributed by atoms with E-state index in [-0.39, 0.29) is 66.5 Å². The fraction of sp³-hybridized carbons (Fsp3) is 0.375. The van der Waals surface area contributed by atoms with Crippen molar-refractivity contribution in [3.63, 3.8) is 0 Å². The number of H-pyrrole nitrogens is 1. The number of hydrogen-bond acceptors (Lipinski definition) is 6. The van der Waals surface area contributed by atoms with Crippen LogP contribution in [0, 0.1) is 0 Å². The molecule has 4 N–H and O–H groups in total. The van der Waals surface area contributed by atoms with Gasteiger partial charge in [0.2, 0.25) is 5.95 Å². The van der Waals surface area contributed by atoms with E-state index in [1.54, 1.807) is 0 Å². The topological polar surface area (TPSA) is 119 Å². The van der Waals surface area contributed by atoms with Crippen LogP contribution in [0.3, 0.4) is 0 Å². The molecule has 9 heteroatoms. The monoisotopic (exact) mass is 248 g/mol. The molecule has 17 heavy (non-hydrogen) atoms. The molecule has 2 rings (SSSR count). The smallest absolute Gasteiger partial charge is 0.394 e. The fourth-order valence-corrected chi connectivity index (χ4v) is 1.29. The van der Waals surface area contributed by atoms with E-state index in [0.717, 1.165) is 0 Å². The van der Waals surface area contributed by atoms with Gasteiger partial charge < -0.3 is 15.6 Å². The number of aliphatic hydroxyl groups excluding tert-OH is 1. The molecule has 2 aromatic heterocycles. The molecule has 0 spiro atoms. The summed E-state index contributed by atoms with van der Waals surface area (Å²) in [6, 6.07) is 0. The zero-order valence-electron chi connectivity index (χ0n) is 9.38. The number of nitrogen functional groups attached to an aromatic ring is 1. The van der Waals surface area contributed by atoms with Crippen molar-refractivity contribution in [2.24, 2.45) is 0 Å². The molecule has 86 valence electrons. The zero-order valence-corrected chi connectivity index (χ0v) is 11.4. The number of aromatic nitrogens is 4. The minimum atomic E-state index is -0.386. The molecule has 0 amide bonds. The van der Waals surface area contributed by atoms with E-state index in [1.807, 2.05) is 0 Å². The van der Waals surface area contributed by atoms with Crippen LogP contribution in [0.5, 0.6) is 0 Å². The Morgan fingerprint density at radius 2 is 2.35 bits per heavy atom. The normalized spacial score (nSPS) is 10.4. The first kappa shape index (κ1) is 14.1. The molecule has 2 heterocycles. The predicted molar refractivity (Wildman–Crippen MR) is 55.6 cm³/mol. The van der Waals surface area contributed by atoms with Crippen LogP contribution in [0.2, 0.25) is 0 Å². The van der Waals surface area contributed by atoms with Gasteiger partial charge in [0.05, 0.1) is 19.5 Å². The van der Waals surface area contributed by atoms with Crippen molar-refractivity contribution in [1.29, 1.82) is 0 Å². The van der Waals surface area contributed by atoms with E-state index in [9.17, 15) is 4.79 Å². The van der Waals surface area contributed by atoms with Gasteiger partial charge in [-0.05, 0) is 0 Å². The van der Waals surface area contributed by atoms with Crippen LogP contribution >= 0.6 is 0 Å². The number of nitrogens with one attached hydrogen (secondary N) is 1. The number of nitrogens with zero attached hydrogens (tertiary/aromatic N) is 3. The van der Waals surface area contributed by atoms with Gasteiger partial charge in [-0.2, -0.15) is 4.98 Å². The number of nitrogens with two attached hydrogens (primary N) is 1. The molecule has 0 aliphatic carbocycles. The average Bonchev–Trinajstić information content (AvgIpc) is 2.62. The maximum absolute atomic E-state index is 11.4. The largest absolute Gasteiger partial charge is 1.00 e. The summed E-state index contributed by atoms with van der Waals surface area (Å²) in [6.07, 6.45) is 1.43. The minimum absolute atomic E-state index is 0. The summed E-state index contributed by atoms with van der Waals surface area (Å²) < 4.78 is 6.63. The standard InChI is InChI=1S/C8H11N5O3.Na/c9-8-11-6-5(7(15)12-8)10-3-13(6)4-16-2-1-14;/h3,14H,1-2,4H2,(H3,9,11,12,15);/q;+1. The summed E-state index contributed by atoms with van der Waals surface area (Å²) in [5.41, 5.74) is 5.60. The molecular weight excluding hydrogens is 237 g/mol. The van der Waals surface area contributed by atoms with Crippen LogP contribution in [-0.4, -0.2) is 37.8 Å². The third-order valence-corrected chi connectivity index (χ3v) is 1.96. The van der Waals surface area contributed by atoms with Crippen molar-refractivity contribution < 1.29 is 39.4 Å². The molecule has 0 saturated carbocycles. The SMILES string of the molecule is Nc1nc2c(ncn2COCCO)c(=O)[nH]1.[Na+]. The van der Waals surface area contributed by atoms with Gasteiger partial charge in [-0.25, -0.2) is 4.98 Å². The van der Waals surface area contributed by atoms with Crippen LogP contribution in [0.15, 0.2) is 11.1 Å². The first-order valence-electron chi connectivity index (χ1n) is 4.61. The number of ether oxygens (including phenoxy) is 1. The van der Waals surface area contributed by atoms with E-state index < -0.39 is 0 Å². The Bertz CT molecular complexity index is 552. The number of aliphatic hydroxyl groups is 1. The molecule has 0 bridgehead atoms. The minimum Gasteiger partial charge on any atom is -0.394 e. The number of aromatic amines is 1. The Kier molecular flexibility index (Phi) is 5.09. The van der Waals surface area contributed by atoms with Gasteiger partial charge in [0.25, 0.3) is 5.56 Å². The van der Waals surface area contributed by atoms with E-state index in [4.69, 9.17) is 15.6 Å². The third kappa shape index (κ3) is 3.05. The second-order valence-corrected chi connectivity index (χ2v) is 3.10. The van der Waals surface area contributed by atoms with Crippen molar-refractivity contribution in [1.82, 2.24) is 19.5 Å². The Balaban J connectivity index is 0.00000144. The van der Waals surface area contributed by atoms with Gasteiger partial charge in [-0.1, -0.05) is 0 Å². The van der Waals surface area contributed by atoms with Crippen LogP contribution in [0.1, 0.15) is 0 Å². The van der Waals surface area contributed by atoms with Crippen LogP contribution in [0.25, 0.3) is 11.2 Å². The molecule has 2 aromatic rings. The molecule has 0 unspecified atom stereocenters. The molecule has 0 fully saturated rings. The third-order valence-electron chi connectivity index (χ3n) is 1.96. The van der Waals surface area contributed by atoms with Gasteiger partial charge in [0, 0.05) is 0 Å². The van der Waals surface area contributed by atoms with Gasteiger partial charge >= 0.3 is 29.6 Å². The molecule has 8 nitrogen and oxygen atoms in total. The molecule has 0 aliphatic rings. The predicted octanol–water partition coefficient (Wildman–Crippen LogP) is -4.33. The van der Waals surface area contributed by atoms with E-state index in [2.05, 4.69) is 15.0 Å². The Hall–Kier alpha value is -0.930. The van der Waals surface area contributed by atoms with E-state index in [1.165, 1.54) is 10.9 Å². The van der Waals surface area contributed by atoms with Gasteiger partial charge in [0.15, 0.2) is 11.2 Å². The van der Waals surface area contributed by atoms with E-state index >= 15 is 0 Å². The first-order valence-corrected chi connectivity index (χ1v) is 4.61. The second-order valence-electron chi connectivity index (χ2n) is 3.10. The fourth-order valence-electron chi connectivity index (χ4n) is 1.29. The second kappa shape index (κ2) is 6.12. The maximum atomic E-state index is 11.4. The molecule has 0 atom stereocenters. The maximum Gasteiger partial charge on any atom is 1.00 e. The number of hydrogen-bond donors (Lipinski definition) is 3. The summed E-state index contributed by atoms with van der Waals surface area (Å²) in [5, 5.41) is 8.56. The van der Waals surface area contributed by atoms with Crippen molar-refractivity contribution in [3.8, 4) is 0 Å². The van der Waals surface area contributed by atoms with Crippen molar-refractivity contribution in [2.75, 3.05) is 18.9 Å². The van der Waals surface area contributed by atoms with E-state index in [0.29, 0.717) is 5.65 Å². The number of anilines is 1. The van der Waals surface area contributed by atoms with Crippen LogP contribution in [0.4, 0.5) is 5.95 Å². The quantitative estimate of drug-likeness (QED) is 0.372. The Morgan fingerprint density at radius 3 is 3.06 bits per heavy atom. The summed E-state index contributed by atoms with van der Waals surface area (Å²) in [7, 11) is 0. The summed E-state index contributed by atoms with van der Waals surface area (Å²) in [6.45, 7) is 0.300. The average molecular weight is 248 g/mol. The molecule has 0 radical (unpaired) electrons. The van der Waals surface area contributed by atoms with Crippen LogP contribution < -0.4 is 40.9 Å². The zero-order chi connectivity index (χ0) is 11.5. The summed E-state index contributed by atoms with van der Waals surface area (Å²) in [5.74, 6) is 0.0291. The van der Waals surface area contributed by atoms with Crippen LogP contribution in [-0.2, 0) is 11.5 Å². The molecule has 0 aromatic carbocycles. The summed E-state index contributed by atoms with van der Waals surface area (Å²) >= 11 is 0. The molecule has 0 saturated heterocycles. The van der Waals surface area contributed by atoms with Gasteiger partial charge in [-0.3, -0.25) is 14.3 Å². The first-order chi connectivity index (χ1) is 7.72. The van der Waals surface area contributed by atoms with Gasteiger partial charge in [0.1, 0.15) is 6.73 Å². The Labute approximate surface area is 118 Å². The number of imidazole rings is 1. The number of rotatable bonds is 4. The summed E-state index contributed by atoms with van der Waals surface area (Å²) in [4.78, 5) is 21.6. The van der Waals surface area contributed by atoms with Crippen molar-refractivity contribution in [3.05, 3.63) is 16.7 Å².